The predicted octanol–water partition coefficient (Wildman–Crippen LogP) is 3.43. The fourth-order valence-electron chi connectivity index (χ4n) is 6.43. The van der Waals surface area contributed by atoms with Crippen molar-refractivity contribution >= 4 is 29.6 Å². The number of nitrogens with one attached hydrogen (secondary N) is 2. The van der Waals surface area contributed by atoms with Crippen molar-refractivity contribution in [1.82, 2.24) is 15.5 Å². The van der Waals surface area contributed by atoms with E-state index in [2.05, 4.69) is 15.8 Å². The molecule has 0 bridgehead atoms. The van der Waals surface area contributed by atoms with Gasteiger partial charge >= 0.3 is 12.1 Å². The van der Waals surface area contributed by atoms with Crippen molar-refractivity contribution in [2.45, 2.75) is 100 Å². The number of aliphatic carboxylic acids is 1. The summed E-state index contributed by atoms with van der Waals surface area (Å²) in [6.45, 7) is 0.317. The van der Waals surface area contributed by atoms with Crippen LogP contribution in [-0.2, 0) is 24.0 Å². The first-order chi connectivity index (χ1) is 21.7. The maximum atomic E-state index is 14.1. The number of fused-ring (bicyclic) bond motifs is 3. The van der Waals surface area contributed by atoms with E-state index in [-0.39, 0.29) is 31.4 Å². The van der Waals surface area contributed by atoms with E-state index in [1.807, 2.05) is 12.2 Å². The molecule has 0 radical (unpaired) electrons. The molecule has 0 aromatic heterocycles. The van der Waals surface area contributed by atoms with Gasteiger partial charge < -0.3 is 35.0 Å². The molecule has 3 fully saturated rings. The maximum Gasteiger partial charge on any atom is 0.408 e. The number of amides is 3. The number of hydrogen-bond acceptors (Lipinski definition) is 8. The topological polar surface area (TPSA) is 156 Å². The van der Waals surface area contributed by atoms with Crippen LogP contribution in [0, 0.1) is 11.7 Å². The number of hydrogen-bond donors (Lipinski definition) is 3. The van der Waals surface area contributed by atoms with Gasteiger partial charge in [-0.25, -0.2) is 14.0 Å². The highest BCUT2D eigenvalue weighted by Crippen LogP contribution is 2.45. The molecule has 3 N–H and O–H groups in total. The molecule has 1 aromatic carbocycles. The molecule has 0 unspecified atom stereocenters. The first-order valence-corrected chi connectivity index (χ1v) is 15.9. The van der Waals surface area contributed by atoms with Crippen molar-refractivity contribution in [2.24, 2.45) is 11.1 Å². The molecule has 1 saturated heterocycles. The lowest BCUT2D eigenvalue weighted by Crippen LogP contribution is -2.56. The molecule has 2 saturated carbocycles. The van der Waals surface area contributed by atoms with Crippen LogP contribution in [0.25, 0.3) is 0 Å². The van der Waals surface area contributed by atoms with E-state index < -0.39 is 53.4 Å². The monoisotopic (exact) mass is 626 g/mol. The van der Waals surface area contributed by atoms with Gasteiger partial charge in [0.25, 0.3) is 0 Å². The third kappa shape index (κ3) is 6.76. The summed E-state index contributed by atoms with van der Waals surface area (Å²) in [7, 11) is 0. The summed E-state index contributed by atoms with van der Waals surface area (Å²) in [5, 5.41) is 19.8. The fourth-order valence-corrected chi connectivity index (χ4v) is 6.43. The predicted molar refractivity (Wildman–Crippen MR) is 158 cm³/mol. The Bertz CT molecular complexity index is 1400. The van der Waals surface area contributed by atoms with E-state index in [0.717, 1.165) is 38.5 Å². The largest absolute Gasteiger partial charge is 0.492 e. The normalized spacial score (nSPS) is 31.8. The summed E-state index contributed by atoms with van der Waals surface area (Å²) in [4.78, 5) is 60.1. The lowest BCUT2D eigenvalue weighted by Gasteiger charge is -2.30. The molecule has 2 aliphatic carbocycles. The second-order valence-electron chi connectivity index (χ2n) is 12.5. The Balaban J connectivity index is 1.24. The van der Waals surface area contributed by atoms with Crippen LogP contribution < -0.4 is 15.4 Å². The van der Waals surface area contributed by atoms with Gasteiger partial charge in [-0.3, -0.25) is 9.59 Å². The number of rotatable bonds is 5. The summed E-state index contributed by atoms with van der Waals surface area (Å²) >= 11 is 0. The molecule has 45 heavy (non-hydrogen) atoms. The number of carboxylic acids is 1. The van der Waals surface area contributed by atoms with E-state index in [0.29, 0.717) is 42.9 Å². The summed E-state index contributed by atoms with van der Waals surface area (Å²) in [5.74, 6) is -2.53. The molecule has 1 aromatic rings. The van der Waals surface area contributed by atoms with Crippen LogP contribution in [0.1, 0.15) is 76.2 Å². The molecule has 3 aliphatic heterocycles. The number of ether oxygens (including phenoxy) is 2. The highest BCUT2D eigenvalue weighted by Gasteiger charge is 2.61. The number of alkyl carbamates (subject to hydrolysis) is 1. The lowest BCUT2D eigenvalue weighted by molar-refractivity contribution is -0.145. The van der Waals surface area contributed by atoms with Crippen LogP contribution in [-0.4, -0.2) is 82.6 Å². The maximum absolute atomic E-state index is 14.1. The Labute approximate surface area is 260 Å². The average molecular weight is 627 g/mol. The van der Waals surface area contributed by atoms with Crippen molar-refractivity contribution in [1.29, 1.82) is 0 Å². The lowest BCUT2D eigenvalue weighted by atomic mass is 9.96. The molecule has 0 spiro atoms. The number of halogens is 1. The minimum atomic E-state index is -1.44. The smallest absolute Gasteiger partial charge is 0.408 e. The Kier molecular flexibility index (Phi) is 8.95. The van der Waals surface area contributed by atoms with Crippen molar-refractivity contribution in [3.8, 4) is 5.75 Å². The van der Waals surface area contributed by atoms with Gasteiger partial charge in [0.1, 0.15) is 41.4 Å². The van der Waals surface area contributed by atoms with Gasteiger partial charge in [-0.15, -0.1) is 0 Å². The first kappa shape index (κ1) is 30.8. The molecular formula is C32H39FN4O8. The molecule has 6 rings (SSSR count). The van der Waals surface area contributed by atoms with E-state index in [1.54, 1.807) is 0 Å². The zero-order valence-electron chi connectivity index (χ0n) is 25.0. The highest BCUT2D eigenvalue weighted by atomic mass is 19.1. The summed E-state index contributed by atoms with van der Waals surface area (Å²) in [6, 6.07) is 2.14. The van der Waals surface area contributed by atoms with Gasteiger partial charge in [0.2, 0.25) is 11.8 Å². The summed E-state index contributed by atoms with van der Waals surface area (Å²) in [5.41, 5.74) is -0.498. The second kappa shape index (κ2) is 13.1. The number of carbonyl (C=O) groups excluding carboxylic acids is 3. The molecule has 3 heterocycles. The van der Waals surface area contributed by atoms with Crippen molar-refractivity contribution < 1.29 is 43.0 Å². The van der Waals surface area contributed by atoms with Crippen molar-refractivity contribution in [3.63, 3.8) is 0 Å². The Morgan fingerprint density at radius 3 is 2.76 bits per heavy atom. The van der Waals surface area contributed by atoms with E-state index in [9.17, 15) is 28.7 Å². The standard InChI is InChI=1S/C32H39FN4O8/c33-20-11-12-27-23(15-20)24(13-14-43-27)36-45-22-16-26-28(38)35-32(30(40)41)17-19(32)7-4-2-1-3-5-10-25(29(39)37(26)18-22)34-31(42)44-21-8-6-9-21/h4,7,11-12,15,19,21-22,25-26H,1-3,5-6,8-10,13-14,16-18H2,(H,34,42)(H,35,38)(H,40,41)/b7-4-,36-24+/t19-,22-,25+,26+,32+/m1/s1. The van der Waals surface area contributed by atoms with Crippen molar-refractivity contribution in [2.75, 3.05) is 13.2 Å². The second-order valence-corrected chi connectivity index (χ2v) is 12.5. The van der Waals surface area contributed by atoms with Crippen LogP contribution >= 0.6 is 0 Å². The Hall–Kier alpha value is -4.16. The Morgan fingerprint density at radius 1 is 1.13 bits per heavy atom. The summed E-state index contributed by atoms with van der Waals surface area (Å²) < 4.78 is 25.1. The minimum Gasteiger partial charge on any atom is -0.492 e. The van der Waals surface area contributed by atoms with E-state index >= 15 is 0 Å². The minimum absolute atomic E-state index is 0.0144. The van der Waals surface area contributed by atoms with E-state index in [1.165, 1.54) is 23.1 Å². The zero-order chi connectivity index (χ0) is 31.6. The highest BCUT2D eigenvalue weighted by molar-refractivity contribution is 6.03. The van der Waals surface area contributed by atoms with Crippen LogP contribution in [0.4, 0.5) is 9.18 Å². The molecule has 13 heteroatoms. The average Bonchev–Trinajstić information content (AvgIpc) is 3.52. The number of oxime groups is 1. The molecule has 5 aliphatic rings. The van der Waals surface area contributed by atoms with Crippen LogP contribution in [0.15, 0.2) is 35.5 Å². The number of allylic oxidation sites excluding steroid dienone is 1. The quantitative estimate of drug-likeness (QED) is 0.332. The van der Waals surface area contributed by atoms with Gasteiger partial charge in [0.15, 0.2) is 0 Å². The number of nitrogens with zero attached hydrogens (tertiary/aromatic N) is 2. The van der Waals surface area contributed by atoms with Gasteiger partial charge in [-0.2, -0.15) is 0 Å². The van der Waals surface area contributed by atoms with Gasteiger partial charge in [-0.05, 0) is 63.1 Å². The molecule has 12 nitrogen and oxygen atoms in total. The van der Waals surface area contributed by atoms with Crippen molar-refractivity contribution in [3.05, 3.63) is 41.7 Å². The van der Waals surface area contributed by atoms with Gasteiger partial charge in [0, 0.05) is 24.3 Å². The number of carboxylic acid groups (broad SMARTS) is 1. The molecule has 5 atom stereocenters. The van der Waals surface area contributed by atoms with Crippen LogP contribution in [0.3, 0.4) is 0 Å². The zero-order valence-corrected chi connectivity index (χ0v) is 25.0. The number of benzene rings is 1. The Morgan fingerprint density at radius 2 is 1.98 bits per heavy atom. The van der Waals surface area contributed by atoms with Crippen LogP contribution in [0.5, 0.6) is 5.75 Å². The molecule has 3 amide bonds. The third-order valence-corrected chi connectivity index (χ3v) is 9.40. The van der Waals surface area contributed by atoms with Gasteiger partial charge in [0.05, 0.1) is 18.9 Å². The van der Waals surface area contributed by atoms with E-state index in [4.69, 9.17) is 14.3 Å². The van der Waals surface area contributed by atoms with Gasteiger partial charge in [-0.1, -0.05) is 30.1 Å². The molecular weight excluding hydrogens is 587 g/mol. The third-order valence-electron chi connectivity index (χ3n) is 9.40. The summed E-state index contributed by atoms with van der Waals surface area (Å²) in [6.07, 6.45) is 8.88. The fraction of sp³-hybridized carbons (Fsp3) is 0.594. The first-order valence-electron chi connectivity index (χ1n) is 15.9. The number of carbonyl (C=O) groups is 4. The molecule has 242 valence electrons. The SMILES string of the molecule is O=C(N[C@H]1CCCCC/C=C\[C@@H]2C[C@]2(C(=O)O)NC(=O)[C@@H]2C[C@@H](O/N=C3\CCOc4ccc(F)cc43)CN2C1=O)OC1CCC1. The van der Waals surface area contributed by atoms with Crippen LogP contribution in [0.2, 0.25) is 0 Å².